The monoisotopic (exact) mass is 400 g/mol. The summed E-state index contributed by atoms with van der Waals surface area (Å²) in [6, 6.07) is 24.0. The molecular formula is C23H20N4O3. The van der Waals surface area contributed by atoms with Crippen LogP contribution < -0.4 is 10.2 Å². The second kappa shape index (κ2) is 8.91. The van der Waals surface area contributed by atoms with Crippen LogP contribution in [0.5, 0.6) is 5.75 Å². The first-order chi connectivity index (χ1) is 14.7. The summed E-state index contributed by atoms with van der Waals surface area (Å²) < 4.78 is 7.96. The van der Waals surface area contributed by atoms with Crippen LogP contribution in [-0.4, -0.2) is 22.3 Å². The molecule has 1 aromatic heterocycles. The van der Waals surface area contributed by atoms with E-state index in [-0.39, 0.29) is 5.69 Å². The van der Waals surface area contributed by atoms with Crippen molar-refractivity contribution in [3.8, 4) is 5.75 Å². The molecule has 0 atom stereocenters. The Labute approximate surface area is 173 Å². The molecule has 0 fully saturated rings. The number of aromatic nitrogens is 1. The lowest BCUT2D eigenvalue weighted by Crippen LogP contribution is -2.07. The standard InChI is InChI=1S/C23H20N4O3/c28-27(29)20-12-10-19(11-13-20)25-24-16-18-17-26(23-9-5-4-8-22(18)23)14-15-30-21-6-2-1-3-7-21/h1-13,16-17,25H,14-15H2/b24-16+. The predicted octanol–water partition coefficient (Wildman–Crippen LogP) is 5.07. The first-order valence-corrected chi connectivity index (χ1v) is 9.50. The van der Waals surface area contributed by atoms with Gasteiger partial charge in [0.2, 0.25) is 0 Å². The van der Waals surface area contributed by atoms with Crippen molar-refractivity contribution in [2.45, 2.75) is 6.54 Å². The molecule has 4 aromatic rings. The van der Waals surface area contributed by atoms with Crippen molar-refractivity contribution in [3.05, 3.63) is 101 Å². The average Bonchev–Trinajstić information content (AvgIpc) is 3.13. The van der Waals surface area contributed by atoms with Crippen LogP contribution >= 0.6 is 0 Å². The highest BCUT2D eigenvalue weighted by atomic mass is 16.6. The SMILES string of the molecule is O=[N+]([O-])c1ccc(N/N=C/c2cn(CCOc3ccccc3)c3ccccc23)cc1. The Bertz CT molecular complexity index is 1170. The summed E-state index contributed by atoms with van der Waals surface area (Å²) in [6.07, 6.45) is 3.79. The molecule has 0 aliphatic heterocycles. The third-order valence-corrected chi connectivity index (χ3v) is 4.64. The van der Waals surface area contributed by atoms with Crippen LogP contribution in [0.4, 0.5) is 11.4 Å². The van der Waals surface area contributed by atoms with Gasteiger partial charge in [0.05, 0.1) is 23.4 Å². The first kappa shape index (κ1) is 19.2. The van der Waals surface area contributed by atoms with Crippen LogP contribution in [0.2, 0.25) is 0 Å². The van der Waals surface area contributed by atoms with Crippen molar-refractivity contribution < 1.29 is 9.66 Å². The molecule has 0 unspecified atom stereocenters. The largest absolute Gasteiger partial charge is 0.492 e. The topological polar surface area (TPSA) is 81.7 Å². The van der Waals surface area contributed by atoms with Gasteiger partial charge in [-0.1, -0.05) is 36.4 Å². The van der Waals surface area contributed by atoms with Gasteiger partial charge in [-0.15, -0.1) is 0 Å². The third-order valence-electron chi connectivity index (χ3n) is 4.64. The van der Waals surface area contributed by atoms with Crippen LogP contribution in [0.25, 0.3) is 10.9 Å². The number of rotatable bonds is 8. The minimum Gasteiger partial charge on any atom is -0.492 e. The lowest BCUT2D eigenvalue weighted by atomic mass is 10.2. The van der Waals surface area contributed by atoms with E-state index in [1.165, 1.54) is 12.1 Å². The Kier molecular flexibility index (Phi) is 5.70. The molecular weight excluding hydrogens is 380 g/mol. The molecule has 150 valence electrons. The lowest BCUT2D eigenvalue weighted by Gasteiger charge is -2.08. The molecule has 0 bridgehead atoms. The van der Waals surface area contributed by atoms with Crippen LogP contribution in [0.15, 0.2) is 90.2 Å². The van der Waals surface area contributed by atoms with Crippen molar-refractivity contribution in [2.75, 3.05) is 12.0 Å². The zero-order valence-electron chi connectivity index (χ0n) is 16.1. The van der Waals surface area contributed by atoms with Crippen molar-refractivity contribution >= 4 is 28.5 Å². The number of nitro groups is 1. The molecule has 0 aliphatic rings. The van der Waals surface area contributed by atoms with E-state index in [0.29, 0.717) is 18.8 Å². The number of hydrogen-bond acceptors (Lipinski definition) is 5. The number of benzene rings is 3. The molecule has 1 heterocycles. The fourth-order valence-electron chi connectivity index (χ4n) is 3.18. The normalized spacial score (nSPS) is 11.1. The summed E-state index contributed by atoms with van der Waals surface area (Å²) in [5.74, 6) is 0.850. The van der Waals surface area contributed by atoms with E-state index >= 15 is 0 Å². The number of nitrogens with zero attached hydrogens (tertiary/aromatic N) is 3. The molecule has 0 aliphatic carbocycles. The number of nitrogens with one attached hydrogen (secondary N) is 1. The summed E-state index contributed by atoms with van der Waals surface area (Å²) in [5.41, 5.74) is 5.71. The molecule has 3 aromatic carbocycles. The predicted molar refractivity (Wildman–Crippen MR) is 118 cm³/mol. The molecule has 0 amide bonds. The van der Waals surface area contributed by atoms with E-state index in [1.807, 2.05) is 48.7 Å². The number of non-ortho nitro benzene ring substituents is 1. The van der Waals surface area contributed by atoms with E-state index in [1.54, 1.807) is 18.3 Å². The number of anilines is 1. The summed E-state index contributed by atoms with van der Waals surface area (Å²) in [7, 11) is 0. The van der Waals surface area contributed by atoms with Gasteiger partial charge >= 0.3 is 0 Å². The summed E-state index contributed by atoms with van der Waals surface area (Å²) in [6.45, 7) is 1.26. The number of ether oxygens (including phenoxy) is 1. The number of nitro benzene ring substituents is 1. The highest BCUT2D eigenvalue weighted by Crippen LogP contribution is 2.21. The smallest absolute Gasteiger partial charge is 0.269 e. The zero-order chi connectivity index (χ0) is 20.8. The molecule has 1 N–H and O–H groups in total. The van der Waals surface area contributed by atoms with Crippen LogP contribution in [0.3, 0.4) is 0 Å². The molecule has 0 saturated heterocycles. The Morgan fingerprint density at radius 3 is 2.50 bits per heavy atom. The van der Waals surface area contributed by atoms with Gasteiger partial charge in [-0.2, -0.15) is 5.10 Å². The fourth-order valence-corrected chi connectivity index (χ4v) is 3.18. The van der Waals surface area contributed by atoms with Gasteiger partial charge in [0, 0.05) is 34.8 Å². The van der Waals surface area contributed by atoms with Crippen molar-refractivity contribution in [1.82, 2.24) is 4.57 Å². The highest BCUT2D eigenvalue weighted by molar-refractivity contribution is 5.99. The van der Waals surface area contributed by atoms with Crippen molar-refractivity contribution in [2.24, 2.45) is 5.10 Å². The quantitative estimate of drug-likeness (QED) is 0.254. The number of para-hydroxylation sites is 2. The van der Waals surface area contributed by atoms with Gasteiger partial charge in [0.15, 0.2) is 0 Å². The Balaban J connectivity index is 1.46. The molecule has 0 radical (unpaired) electrons. The Hall–Kier alpha value is -4.13. The zero-order valence-corrected chi connectivity index (χ0v) is 16.1. The second-order valence-corrected chi connectivity index (χ2v) is 6.63. The third kappa shape index (κ3) is 4.47. The average molecular weight is 400 g/mol. The van der Waals surface area contributed by atoms with Gasteiger partial charge in [-0.3, -0.25) is 15.5 Å². The van der Waals surface area contributed by atoms with E-state index in [0.717, 1.165) is 22.2 Å². The van der Waals surface area contributed by atoms with Gasteiger partial charge in [-0.25, -0.2) is 0 Å². The van der Waals surface area contributed by atoms with Crippen molar-refractivity contribution in [1.29, 1.82) is 0 Å². The second-order valence-electron chi connectivity index (χ2n) is 6.63. The minimum atomic E-state index is -0.427. The maximum absolute atomic E-state index is 10.7. The summed E-state index contributed by atoms with van der Waals surface area (Å²) in [4.78, 5) is 10.3. The maximum Gasteiger partial charge on any atom is 0.269 e. The van der Waals surface area contributed by atoms with Gasteiger partial charge in [-0.05, 0) is 30.3 Å². The van der Waals surface area contributed by atoms with E-state index < -0.39 is 4.92 Å². The van der Waals surface area contributed by atoms with Gasteiger partial charge in [0.25, 0.3) is 5.69 Å². The van der Waals surface area contributed by atoms with E-state index in [9.17, 15) is 10.1 Å². The number of hydrogen-bond donors (Lipinski definition) is 1. The molecule has 7 heteroatoms. The molecule has 7 nitrogen and oxygen atoms in total. The number of hydrazone groups is 1. The minimum absolute atomic E-state index is 0.0466. The first-order valence-electron chi connectivity index (χ1n) is 9.50. The Morgan fingerprint density at radius 1 is 1.00 bits per heavy atom. The molecule has 4 rings (SSSR count). The van der Waals surface area contributed by atoms with E-state index in [4.69, 9.17) is 4.74 Å². The van der Waals surface area contributed by atoms with Crippen LogP contribution in [-0.2, 0) is 6.54 Å². The fraction of sp³-hybridized carbons (Fsp3) is 0.0870. The molecule has 30 heavy (non-hydrogen) atoms. The lowest BCUT2D eigenvalue weighted by molar-refractivity contribution is -0.384. The van der Waals surface area contributed by atoms with Crippen molar-refractivity contribution in [3.63, 3.8) is 0 Å². The van der Waals surface area contributed by atoms with E-state index in [2.05, 4.69) is 27.2 Å². The highest BCUT2D eigenvalue weighted by Gasteiger charge is 2.07. The van der Waals surface area contributed by atoms with Gasteiger partial charge < -0.3 is 9.30 Å². The van der Waals surface area contributed by atoms with Crippen LogP contribution in [0, 0.1) is 10.1 Å². The number of fused-ring (bicyclic) bond motifs is 1. The summed E-state index contributed by atoms with van der Waals surface area (Å²) >= 11 is 0. The molecule has 0 spiro atoms. The Morgan fingerprint density at radius 2 is 1.73 bits per heavy atom. The van der Waals surface area contributed by atoms with Gasteiger partial charge in [0.1, 0.15) is 12.4 Å². The van der Waals surface area contributed by atoms with Crippen LogP contribution in [0.1, 0.15) is 5.56 Å². The summed E-state index contributed by atoms with van der Waals surface area (Å²) in [5, 5.41) is 16.1. The maximum atomic E-state index is 10.7. The molecule has 0 saturated carbocycles.